The van der Waals surface area contributed by atoms with Gasteiger partial charge in [0.25, 0.3) is 0 Å². The molecule has 4 aromatic rings. The first-order valence-corrected chi connectivity index (χ1v) is 10.8. The zero-order valence-electron chi connectivity index (χ0n) is 15.8. The number of pyridine rings is 1. The molecule has 1 aliphatic carbocycles. The molecule has 3 N–H and O–H groups in total. The topological polar surface area (TPSA) is 63.9 Å². The number of nitrogen functional groups attached to an aromatic ring is 1. The van der Waals surface area contributed by atoms with Gasteiger partial charge in [-0.25, -0.2) is 4.98 Å². The monoisotopic (exact) mass is 445 g/mol. The highest BCUT2D eigenvalue weighted by atomic mass is 79.9. The van der Waals surface area contributed by atoms with Crippen LogP contribution in [-0.2, 0) is 12.8 Å². The molecule has 1 unspecified atom stereocenters. The largest absolute Gasteiger partial charge is 0.436 e. The van der Waals surface area contributed by atoms with Crippen molar-refractivity contribution in [3.63, 3.8) is 0 Å². The first-order chi connectivity index (χ1) is 14.2. The molecule has 0 fully saturated rings. The number of benzene rings is 2. The van der Waals surface area contributed by atoms with Gasteiger partial charge >= 0.3 is 0 Å². The molecular formula is C24H20BrN3O. The predicted molar refractivity (Wildman–Crippen MR) is 119 cm³/mol. The average Bonchev–Trinajstić information content (AvgIpc) is 3.11. The molecule has 0 spiro atoms. The Hall–Kier alpha value is -2.79. The predicted octanol–water partition coefficient (Wildman–Crippen LogP) is 6.07. The average molecular weight is 446 g/mol. The van der Waals surface area contributed by atoms with Gasteiger partial charge in [0.05, 0.1) is 17.2 Å². The Morgan fingerprint density at radius 2 is 1.93 bits per heavy atom. The lowest BCUT2D eigenvalue weighted by molar-refractivity contribution is 0.433. The number of aromatic nitrogens is 2. The van der Waals surface area contributed by atoms with E-state index in [2.05, 4.69) is 51.2 Å². The second-order valence-electron chi connectivity index (χ2n) is 7.88. The van der Waals surface area contributed by atoms with E-state index in [0.717, 1.165) is 69.4 Å². The lowest BCUT2D eigenvalue weighted by Crippen LogP contribution is -2.19. The summed E-state index contributed by atoms with van der Waals surface area (Å²) in [5.74, 6) is 1.48. The molecule has 144 valence electrons. The van der Waals surface area contributed by atoms with Gasteiger partial charge in [-0.1, -0.05) is 40.2 Å². The number of nitrogens with zero attached hydrogens (tertiary/aromatic N) is 1. The summed E-state index contributed by atoms with van der Waals surface area (Å²) >= 11 is 3.63. The van der Waals surface area contributed by atoms with E-state index in [-0.39, 0.29) is 5.92 Å². The van der Waals surface area contributed by atoms with Gasteiger partial charge in [-0.15, -0.1) is 0 Å². The zero-order chi connectivity index (χ0) is 19.5. The van der Waals surface area contributed by atoms with Gasteiger partial charge < -0.3 is 15.5 Å². The fourth-order valence-electron chi connectivity index (χ4n) is 4.83. The highest BCUT2D eigenvalue weighted by Gasteiger charge is 2.36. The van der Waals surface area contributed by atoms with E-state index in [1.165, 1.54) is 11.1 Å². The van der Waals surface area contributed by atoms with Crippen LogP contribution in [0.25, 0.3) is 10.9 Å². The van der Waals surface area contributed by atoms with E-state index < -0.39 is 0 Å². The third-order valence-corrected chi connectivity index (χ3v) is 6.66. The number of hydrogen-bond donors (Lipinski definition) is 2. The number of aromatic amines is 1. The molecule has 4 nitrogen and oxygen atoms in total. The molecule has 1 aliphatic heterocycles. The molecule has 0 radical (unpaired) electrons. The van der Waals surface area contributed by atoms with E-state index in [4.69, 9.17) is 15.5 Å². The van der Waals surface area contributed by atoms with Crippen LogP contribution in [0.15, 0.2) is 53.0 Å². The number of halogens is 1. The summed E-state index contributed by atoms with van der Waals surface area (Å²) in [7, 11) is 0. The SMILES string of the molecule is Nc1c2c(nc3c1C(c1cccc(Br)c1)c1[nH]c4ccccc4c1O3)CCCC2. The molecule has 2 aromatic heterocycles. The van der Waals surface area contributed by atoms with Crippen LogP contribution in [0.2, 0.25) is 0 Å². The summed E-state index contributed by atoms with van der Waals surface area (Å²) < 4.78 is 7.47. The Balaban J connectivity index is 1.68. The van der Waals surface area contributed by atoms with Crippen LogP contribution in [-0.4, -0.2) is 9.97 Å². The van der Waals surface area contributed by atoms with E-state index in [9.17, 15) is 0 Å². The van der Waals surface area contributed by atoms with Crippen LogP contribution in [0.3, 0.4) is 0 Å². The molecule has 0 saturated heterocycles. The van der Waals surface area contributed by atoms with E-state index >= 15 is 0 Å². The summed E-state index contributed by atoms with van der Waals surface area (Å²) in [4.78, 5) is 8.58. The summed E-state index contributed by atoms with van der Waals surface area (Å²) in [6.45, 7) is 0. The Morgan fingerprint density at radius 3 is 2.83 bits per heavy atom. The second-order valence-corrected chi connectivity index (χ2v) is 8.80. The minimum absolute atomic E-state index is 0.0432. The smallest absolute Gasteiger partial charge is 0.225 e. The fraction of sp³-hybridized carbons (Fsp3) is 0.208. The first-order valence-electron chi connectivity index (χ1n) is 10.1. The maximum atomic E-state index is 6.80. The van der Waals surface area contributed by atoms with Gasteiger partial charge in [0.2, 0.25) is 5.88 Å². The molecule has 3 heterocycles. The number of anilines is 1. The number of nitrogens with two attached hydrogens (primary N) is 1. The van der Waals surface area contributed by atoms with Gasteiger partial charge in [0.1, 0.15) is 0 Å². The van der Waals surface area contributed by atoms with Gasteiger partial charge in [0.15, 0.2) is 5.75 Å². The fourth-order valence-corrected chi connectivity index (χ4v) is 5.25. The highest BCUT2D eigenvalue weighted by molar-refractivity contribution is 9.10. The molecule has 29 heavy (non-hydrogen) atoms. The number of para-hydroxylation sites is 1. The molecule has 0 amide bonds. The minimum atomic E-state index is -0.0432. The molecule has 5 heteroatoms. The van der Waals surface area contributed by atoms with Crippen LogP contribution >= 0.6 is 15.9 Å². The number of rotatable bonds is 1. The number of H-pyrrole nitrogens is 1. The number of nitrogens with one attached hydrogen (secondary N) is 1. The molecule has 0 bridgehead atoms. The van der Waals surface area contributed by atoms with Crippen molar-refractivity contribution in [1.82, 2.24) is 9.97 Å². The van der Waals surface area contributed by atoms with Gasteiger partial charge in [-0.2, -0.15) is 0 Å². The van der Waals surface area contributed by atoms with Crippen molar-refractivity contribution in [3.05, 3.63) is 81.1 Å². The van der Waals surface area contributed by atoms with Crippen LogP contribution in [0.1, 0.15) is 46.8 Å². The van der Waals surface area contributed by atoms with E-state index in [1.807, 2.05) is 18.2 Å². The van der Waals surface area contributed by atoms with E-state index in [1.54, 1.807) is 0 Å². The van der Waals surface area contributed by atoms with Crippen molar-refractivity contribution in [2.45, 2.75) is 31.6 Å². The Morgan fingerprint density at radius 1 is 1.07 bits per heavy atom. The summed E-state index contributed by atoms with van der Waals surface area (Å²) in [6, 6.07) is 16.7. The van der Waals surface area contributed by atoms with Crippen molar-refractivity contribution in [3.8, 4) is 11.6 Å². The maximum absolute atomic E-state index is 6.80. The van der Waals surface area contributed by atoms with Crippen molar-refractivity contribution in [2.75, 3.05) is 5.73 Å². The number of ether oxygens (including phenoxy) is 1. The Labute approximate surface area is 177 Å². The second kappa shape index (κ2) is 6.36. The summed E-state index contributed by atoms with van der Waals surface area (Å²) in [5.41, 5.74) is 14.2. The molecule has 0 saturated carbocycles. The normalized spacial score (nSPS) is 17.3. The lowest BCUT2D eigenvalue weighted by atomic mass is 9.83. The van der Waals surface area contributed by atoms with Gasteiger partial charge in [-0.3, -0.25) is 0 Å². The Kier molecular flexibility index (Phi) is 3.75. The van der Waals surface area contributed by atoms with Crippen molar-refractivity contribution in [2.24, 2.45) is 0 Å². The van der Waals surface area contributed by atoms with Crippen LogP contribution in [0.5, 0.6) is 11.6 Å². The quantitative estimate of drug-likeness (QED) is 0.328. The third kappa shape index (κ3) is 2.53. The van der Waals surface area contributed by atoms with Crippen molar-refractivity contribution >= 4 is 32.5 Å². The minimum Gasteiger partial charge on any atom is -0.436 e. The molecule has 2 aromatic carbocycles. The number of aryl methyl sites for hydroxylation is 1. The molecule has 1 atom stereocenters. The first kappa shape index (κ1) is 17.1. The molecular weight excluding hydrogens is 426 g/mol. The van der Waals surface area contributed by atoms with Crippen LogP contribution in [0, 0.1) is 0 Å². The maximum Gasteiger partial charge on any atom is 0.225 e. The third-order valence-electron chi connectivity index (χ3n) is 6.16. The van der Waals surface area contributed by atoms with Crippen molar-refractivity contribution in [1.29, 1.82) is 0 Å². The number of fused-ring (bicyclic) bond motifs is 5. The Bertz CT molecular complexity index is 1280. The molecule has 2 aliphatic rings. The lowest BCUT2D eigenvalue weighted by Gasteiger charge is -2.30. The van der Waals surface area contributed by atoms with Crippen LogP contribution < -0.4 is 10.5 Å². The van der Waals surface area contributed by atoms with Gasteiger partial charge in [-0.05, 0) is 61.1 Å². The molecule has 6 rings (SSSR count). The van der Waals surface area contributed by atoms with Crippen molar-refractivity contribution < 1.29 is 4.74 Å². The highest BCUT2D eigenvalue weighted by Crippen LogP contribution is 2.52. The number of hydrogen-bond acceptors (Lipinski definition) is 3. The summed E-state index contributed by atoms with van der Waals surface area (Å²) in [6.07, 6.45) is 4.29. The van der Waals surface area contributed by atoms with Gasteiger partial charge in [0, 0.05) is 26.8 Å². The standard InChI is InChI=1S/C24H20BrN3O/c25-14-7-5-6-13(12-14)19-20-21(26)15-8-1-3-10-17(15)28-24(20)29-23-16-9-2-4-11-18(16)27-22(19)23/h2,4-7,9,11-12,19,27H,1,3,8,10H2,(H2,26,28). The summed E-state index contributed by atoms with van der Waals surface area (Å²) in [5, 5.41) is 1.08. The van der Waals surface area contributed by atoms with E-state index in [0.29, 0.717) is 5.88 Å². The van der Waals surface area contributed by atoms with Crippen LogP contribution in [0.4, 0.5) is 5.69 Å². The zero-order valence-corrected chi connectivity index (χ0v) is 17.4.